The van der Waals surface area contributed by atoms with Crippen molar-refractivity contribution < 1.29 is 19.4 Å². The van der Waals surface area contributed by atoms with Crippen LogP contribution in [0.3, 0.4) is 0 Å². The molecule has 6 rings (SSSR count). The minimum atomic E-state index is -0.647. The predicted octanol–water partition coefficient (Wildman–Crippen LogP) is 5.26. The van der Waals surface area contributed by atoms with Crippen molar-refractivity contribution in [3.05, 3.63) is 65.7 Å². The van der Waals surface area contributed by atoms with Gasteiger partial charge in [-0.15, -0.1) is 0 Å². The molecular weight excluding hydrogens is 502 g/mol. The Bertz CT molecular complexity index is 1160. The molecule has 7 heteroatoms. The number of carbonyl (C=O) groups is 2. The van der Waals surface area contributed by atoms with Crippen LogP contribution in [0, 0.1) is 11.8 Å². The molecule has 1 saturated carbocycles. The fourth-order valence-electron chi connectivity index (χ4n) is 7.87. The minimum absolute atomic E-state index is 0.200. The number of piperidine rings is 1. The van der Waals surface area contributed by atoms with Crippen molar-refractivity contribution in [2.24, 2.45) is 11.8 Å². The second kappa shape index (κ2) is 12.3. The van der Waals surface area contributed by atoms with E-state index in [2.05, 4.69) is 40.1 Å². The fraction of sp³-hybridized carbons (Fsp3) is 0.576. The molecule has 1 N–H and O–H groups in total. The first kappa shape index (κ1) is 27.3. The lowest BCUT2D eigenvalue weighted by Crippen LogP contribution is -2.49. The van der Waals surface area contributed by atoms with Gasteiger partial charge in [-0.25, -0.2) is 4.79 Å². The summed E-state index contributed by atoms with van der Waals surface area (Å²) in [5, 5.41) is 10.3. The van der Waals surface area contributed by atoms with Gasteiger partial charge in [0.05, 0.1) is 0 Å². The van der Waals surface area contributed by atoms with E-state index in [1.54, 1.807) is 0 Å². The summed E-state index contributed by atoms with van der Waals surface area (Å²) in [5.41, 5.74) is 2.42. The average molecular weight is 546 g/mol. The molecule has 0 spiro atoms. The van der Waals surface area contributed by atoms with Crippen molar-refractivity contribution in [2.75, 3.05) is 39.3 Å². The summed E-state index contributed by atoms with van der Waals surface area (Å²) in [6, 6.07) is 18.4. The zero-order valence-electron chi connectivity index (χ0n) is 23.5. The van der Waals surface area contributed by atoms with Gasteiger partial charge >= 0.3 is 12.1 Å². The highest BCUT2D eigenvalue weighted by Gasteiger charge is 2.43. The van der Waals surface area contributed by atoms with Gasteiger partial charge < -0.3 is 19.6 Å². The van der Waals surface area contributed by atoms with E-state index >= 15 is 0 Å². The zero-order valence-corrected chi connectivity index (χ0v) is 23.5. The number of nitrogens with zero attached hydrogens (tertiary/aromatic N) is 3. The van der Waals surface area contributed by atoms with E-state index in [9.17, 15) is 14.7 Å². The van der Waals surface area contributed by atoms with Gasteiger partial charge in [-0.1, -0.05) is 67.8 Å². The number of benzene rings is 2. The molecule has 7 nitrogen and oxygen atoms in total. The molecule has 0 radical (unpaired) electrons. The van der Waals surface area contributed by atoms with Gasteiger partial charge in [0, 0.05) is 51.2 Å². The Balaban J connectivity index is 1.11. The van der Waals surface area contributed by atoms with Crippen molar-refractivity contribution in [2.45, 2.75) is 69.4 Å². The summed E-state index contributed by atoms with van der Waals surface area (Å²) in [6.45, 7) is 5.22. The summed E-state index contributed by atoms with van der Waals surface area (Å²) in [4.78, 5) is 32.3. The van der Waals surface area contributed by atoms with Crippen molar-refractivity contribution in [3.63, 3.8) is 0 Å². The van der Waals surface area contributed by atoms with E-state index < -0.39 is 5.97 Å². The van der Waals surface area contributed by atoms with Crippen LogP contribution in [0.25, 0.3) is 0 Å². The van der Waals surface area contributed by atoms with Gasteiger partial charge in [0.2, 0.25) is 0 Å². The maximum Gasteiger partial charge on any atom is 0.415 e. The maximum atomic E-state index is 13.0. The Morgan fingerprint density at radius 2 is 1.62 bits per heavy atom. The Morgan fingerprint density at radius 3 is 2.38 bits per heavy atom. The van der Waals surface area contributed by atoms with Crippen LogP contribution in [0.2, 0.25) is 0 Å². The first-order valence-electron chi connectivity index (χ1n) is 15.4. The molecule has 2 aromatic carbocycles. The third-order valence-electron chi connectivity index (χ3n) is 9.96. The standard InChI is InChI=1S/C33H43N3O4/c37-32(38)31(26-12-5-2-6-13-26)35-22-27(29(23-35)24-9-3-1-4-10-24)21-34-18-16-28(17-19-34)36-20-15-25-11-7-8-14-30(25)40-33(36)39/h1,3-4,7-11,14,26-29,31H,2,5-6,12-13,15-23H2,(H,37,38)/t27-,29+,31+/m0/s1. The molecule has 2 aromatic rings. The molecular formula is C33H43N3O4. The van der Waals surface area contributed by atoms with E-state index in [0.29, 0.717) is 24.1 Å². The minimum Gasteiger partial charge on any atom is -0.480 e. The molecule has 0 bridgehead atoms. The number of para-hydroxylation sites is 1. The number of carboxylic acid groups (broad SMARTS) is 1. The molecule has 4 aliphatic rings. The van der Waals surface area contributed by atoms with Gasteiger partial charge in [0.15, 0.2) is 0 Å². The van der Waals surface area contributed by atoms with Crippen LogP contribution in [0.4, 0.5) is 4.79 Å². The van der Waals surface area contributed by atoms with E-state index in [1.165, 1.54) is 12.0 Å². The quantitative estimate of drug-likeness (QED) is 0.512. The van der Waals surface area contributed by atoms with E-state index in [4.69, 9.17) is 4.74 Å². The number of fused-ring (bicyclic) bond motifs is 1. The average Bonchev–Trinajstić information content (AvgIpc) is 3.30. The van der Waals surface area contributed by atoms with E-state index in [0.717, 1.165) is 83.2 Å². The van der Waals surface area contributed by atoms with Crippen LogP contribution >= 0.6 is 0 Å². The van der Waals surface area contributed by atoms with Gasteiger partial charge in [0.25, 0.3) is 0 Å². The van der Waals surface area contributed by atoms with Gasteiger partial charge in [-0.05, 0) is 61.1 Å². The lowest BCUT2D eigenvalue weighted by molar-refractivity contribution is -0.145. The fourth-order valence-corrected chi connectivity index (χ4v) is 7.87. The Kier molecular flexibility index (Phi) is 8.40. The number of ether oxygens (including phenoxy) is 1. The van der Waals surface area contributed by atoms with Crippen molar-refractivity contribution in [1.82, 2.24) is 14.7 Å². The largest absolute Gasteiger partial charge is 0.480 e. The second-order valence-corrected chi connectivity index (χ2v) is 12.4. The molecule has 214 valence electrons. The van der Waals surface area contributed by atoms with Crippen molar-refractivity contribution >= 4 is 12.1 Å². The number of amides is 1. The number of carbonyl (C=O) groups excluding carboxylic acids is 1. The topological polar surface area (TPSA) is 73.3 Å². The van der Waals surface area contributed by atoms with Crippen molar-refractivity contribution in [1.29, 1.82) is 0 Å². The molecule has 0 unspecified atom stereocenters. The summed E-state index contributed by atoms with van der Waals surface area (Å²) in [6.07, 6.45) is 8.09. The highest BCUT2D eigenvalue weighted by molar-refractivity contribution is 5.74. The third-order valence-corrected chi connectivity index (χ3v) is 9.96. The van der Waals surface area contributed by atoms with E-state index in [1.807, 2.05) is 29.2 Å². The highest BCUT2D eigenvalue weighted by atomic mass is 16.6. The second-order valence-electron chi connectivity index (χ2n) is 12.4. The van der Waals surface area contributed by atoms with Gasteiger partial charge in [-0.3, -0.25) is 9.69 Å². The molecule has 3 fully saturated rings. The lowest BCUT2D eigenvalue weighted by atomic mass is 9.83. The predicted molar refractivity (Wildman–Crippen MR) is 155 cm³/mol. The number of rotatable bonds is 7. The molecule has 1 amide bonds. The number of hydrogen-bond donors (Lipinski definition) is 1. The molecule has 2 saturated heterocycles. The van der Waals surface area contributed by atoms with Crippen LogP contribution in [0.5, 0.6) is 5.75 Å². The first-order valence-corrected chi connectivity index (χ1v) is 15.4. The highest BCUT2D eigenvalue weighted by Crippen LogP contribution is 2.38. The first-order chi connectivity index (χ1) is 19.6. The van der Waals surface area contributed by atoms with Crippen molar-refractivity contribution in [3.8, 4) is 5.75 Å². The van der Waals surface area contributed by atoms with Gasteiger partial charge in [0.1, 0.15) is 11.8 Å². The zero-order chi connectivity index (χ0) is 27.5. The van der Waals surface area contributed by atoms with Gasteiger partial charge in [-0.2, -0.15) is 0 Å². The number of likely N-dealkylation sites (tertiary alicyclic amines) is 2. The maximum absolute atomic E-state index is 13.0. The molecule has 1 aliphatic carbocycles. The monoisotopic (exact) mass is 545 g/mol. The summed E-state index contributed by atoms with van der Waals surface area (Å²) in [5.74, 6) is 1.03. The number of carboxylic acids is 1. The summed E-state index contributed by atoms with van der Waals surface area (Å²) >= 11 is 0. The SMILES string of the molecule is O=C(O)[C@@H](C1CCCCC1)N1C[C@H](CN2CCC(N3CCc4ccccc4OC3=O)CC2)[C@@H](c2ccccc2)C1. The normalized spacial score (nSPS) is 26.2. The third kappa shape index (κ3) is 5.91. The number of hydrogen-bond acceptors (Lipinski definition) is 5. The molecule has 40 heavy (non-hydrogen) atoms. The van der Waals surface area contributed by atoms with Crippen LogP contribution in [-0.2, 0) is 11.2 Å². The van der Waals surface area contributed by atoms with Crippen LogP contribution in [0.15, 0.2) is 54.6 Å². The van der Waals surface area contributed by atoms with Crippen LogP contribution in [0.1, 0.15) is 62.0 Å². The Hall–Kier alpha value is -2.90. The molecule has 3 atom stereocenters. The Morgan fingerprint density at radius 1 is 0.900 bits per heavy atom. The summed E-state index contributed by atoms with van der Waals surface area (Å²) < 4.78 is 5.74. The van der Waals surface area contributed by atoms with E-state index in [-0.39, 0.29) is 24.1 Å². The lowest BCUT2D eigenvalue weighted by Gasteiger charge is -2.38. The van der Waals surface area contributed by atoms with Crippen LogP contribution in [-0.4, -0.2) is 83.2 Å². The smallest absolute Gasteiger partial charge is 0.415 e. The molecule has 0 aromatic heterocycles. The molecule has 3 heterocycles. The molecule has 3 aliphatic heterocycles. The van der Waals surface area contributed by atoms with Crippen LogP contribution < -0.4 is 4.74 Å². The number of aliphatic carboxylic acids is 1. The summed E-state index contributed by atoms with van der Waals surface area (Å²) in [7, 11) is 0. The Labute approximate surface area is 238 Å².